The molecule has 0 saturated heterocycles. The molecule has 0 radical (unpaired) electrons. The van der Waals surface area contributed by atoms with Crippen LogP contribution in [0.4, 0.5) is 0 Å². The second kappa shape index (κ2) is 10.0. The molecule has 0 bridgehead atoms. The lowest BCUT2D eigenvalue weighted by Crippen LogP contribution is -2.19. The topological polar surface area (TPSA) is 54.6 Å². The molecule has 0 unspecified atom stereocenters. The van der Waals surface area contributed by atoms with Crippen LogP contribution >= 0.6 is 28.3 Å². The molecule has 0 aliphatic carbocycles. The molecule has 1 aromatic carbocycles. The summed E-state index contributed by atoms with van der Waals surface area (Å²) in [6.45, 7) is 4.49. The highest BCUT2D eigenvalue weighted by Gasteiger charge is 2.06. The minimum Gasteiger partial charge on any atom is -0.460 e. The molecule has 2 aromatic rings. The van der Waals surface area contributed by atoms with E-state index in [-0.39, 0.29) is 19.0 Å². The molecule has 4 nitrogen and oxygen atoms in total. The van der Waals surface area contributed by atoms with Gasteiger partial charge in [-0.1, -0.05) is 22.0 Å². The largest absolute Gasteiger partial charge is 0.460 e. The smallest absolute Gasteiger partial charge is 0.134 e. The summed E-state index contributed by atoms with van der Waals surface area (Å²) in [6, 6.07) is 10.1. The quantitative estimate of drug-likeness (QED) is 0.677. The van der Waals surface area contributed by atoms with Gasteiger partial charge in [-0.25, -0.2) is 0 Å². The highest BCUT2D eigenvalue weighted by molar-refractivity contribution is 9.10. The van der Waals surface area contributed by atoms with Crippen molar-refractivity contribution in [1.82, 2.24) is 5.32 Å². The van der Waals surface area contributed by atoms with Gasteiger partial charge in [0.15, 0.2) is 0 Å². The van der Waals surface area contributed by atoms with Crippen LogP contribution in [0.25, 0.3) is 11.3 Å². The van der Waals surface area contributed by atoms with Gasteiger partial charge in [-0.3, -0.25) is 0 Å². The van der Waals surface area contributed by atoms with Crippen LogP contribution in [-0.4, -0.2) is 31.5 Å². The summed E-state index contributed by atoms with van der Waals surface area (Å²) in [5.41, 5.74) is 2.26. The Bertz CT molecular complexity index is 574. The molecule has 2 N–H and O–H groups in total. The van der Waals surface area contributed by atoms with E-state index in [9.17, 15) is 0 Å². The van der Waals surface area contributed by atoms with Gasteiger partial charge in [0.05, 0.1) is 26.4 Å². The van der Waals surface area contributed by atoms with Gasteiger partial charge in [-0.2, -0.15) is 0 Å². The highest BCUT2D eigenvalue weighted by atomic mass is 79.9. The minimum atomic E-state index is 0. The molecule has 1 heterocycles. The third kappa shape index (κ3) is 5.74. The van der Waals surface area contributed by atoms with Crippen molar-refractivity contribution in [3.63, 3.8) is 0 Å². The van der Waals surface area contributed by atoms with E-state index in [0.29, 0.717) is 19.8 Å². The van der Waals surface area contributed by atoms with Gasteiger partial charge < -0.3 is 19.6 Å². The van der Waals surface area contributed by atoms with Crippen molar-refractivity contribution in [2.45, 2.75) is 13.5 Å². The second-order valence-electron chi connectivity index (χ2n) is 4.74. The molecule has 0 aliphatic rings. The standard InChI is InChI=1S/C16H20BrNO3.ClH/c1-12-10-13(2-4-15(12)17)16-5-3-14(21-16)11-18-6-8-20-9-7-19;/h2-5,10,18-19H,6-9,11H2,1H3;1H. The average Bonchev–Trinajstić information content (AvgIpc) is 2.94. The van der Waals surface area contributed by atoms with Crippen molar-refractivity contribution >= 4 is 28.3 Å². The summed E-state index contributed by atoms with van der Waals surface area (Å²) >= 11 is 3.50. The molecule has 0 atom stereocenters. The molecule has 0 saturated carbocycles. The Balaban J connectivity index is 0.00000242. The molecule has 0 fully saturated rings. The van der Waals surface area contributed by atoms with Gasteiger partial charge in [-0.05, 0) is 36.8 Å². The maximum atomic E-state index is 8.59. The van der Waals surface area contributed by atoms with E-state index in [1.54, 1.807) is 0 Å². The maximum Gasteiger partial charge on any atom is 0.134 e. The van der Waals surface area contributed by atoms with Gasteiger partial charge in [0, 0.05) is 16.6 Å². The second-order valence-corrected chi connectivity index (χ2v) is 5.60. The number of ether oxygens (including phenoxy) is 1. The third-order valence-corrected chi connectivity index (χ3v) is 3.95. The predicted octanol–water partition coefficient (Wildman–Crippen LogP) is 3.54. The first-order chi connectivity index (χ1) is 10.2. The van der Waals surface area contributed by atoms with Crippen molar-refractivity contribution in [3.8, 4) is 11.3 Å². The van der Waals surface area contributed by atoms with Crippen LogP contribution in [0.5, 0.6) is 0 Å². The van der Waals surface area contributed by atoms with Gasteiger partial charge >= 0.3 is 0 Å². The SMILES string of the molecule is Cc1cc(-c2ccc(CNCCOCCO)o2)ccc1Br.Cl. The van der Waals surface area contributed by atoms with Crippen LogP contribution < -0.4 is 5.32 Å². The van der Waals surface area contributed by atoms with E-state index in [1.807, 2.05) is 24.3 Å². The first kappa shape index (κ1) is 19.2. The first-order valence-electron chi connectivity index (χ1n) is 6.95. The Labute approximate surface area is 145 Å². The zero-order chi connectivity index (χ0) is 15.1. The number of aliphatic hydroxyl groups excluding tert-OH is 1. The van der Waals surface area contributed by atoms with E-state index in [0.717, 1.165) is 28.1 Å². The fourth-order valence-corrected chi connectivity index (χ4v) is 2.20. The van der Waals surface area contributed by atoms with Crippen LogP contribution in [0.3, 0.4) is 0 Å². The number of rotatable bonds is 8. The van der Waals surface area contributed by atoms with Crippen molar-refractivity contribution in [3.05, 3.63) is 46.1 Å². The zero-order valence-corrected chi connectivity index (χ0v) is 14.9. The molecule has 1 aromatic heterocycles. The van der Waals surface area contributed by atoms with Gasteiger partial charge in [0.2, 0.25) is 0 Å². The number of hydrogen-bond donors (Lipinski definition) is 2. The normalized spacial score (nSPS) is 10.5. The fraction of sp³-hybridized carbons (Fsp3) is 0.375. The number of furan rings is 1. The van der Waals surface area contributed by atoms with Crippen molar-refractivity contribution in [1.29, 1.82) is 0 Å². The van der Waals surface area contributed by atoms with Gasteiger partial charge in [0.1, 0.15) is 11.5 Å². The Hall–Kier alpha value is -0.850. The molecular formula is C16H21BrClNO3. The van der Waals surface area contributed by atoms with Gasteiger partial charge in [0.25, 0.3) is 0 Å². The van der Waals surface area contributed by atoms with Crippen LogP contribution in [-0.2, 0) is 11.3 Å². The van der Waals surface area contributed by atoms with Crippen molar-refractivity contribution in [2.24, 2.45) is 0 Å². The summed E-state index contributed by atoms with van der Waals surface area (Å²) in [7, 11) is 0. The molecule has 0 amide bonds. The molecule has 22 heavy (non-hydrogen) atoms. The van der Waals surface area contributed by atoms with Crippen LogP contribution in [0.1, 0.15) is 11.3 Å². The van der Waals surface area contributed by atoms with Crippen molar-refractivity contribution in [2.75, 3.05) is 26.4 Å². The first-order valence-corrected chi connectivity index (χ1v) is 7.74. The molecule has 122 valence electrons. The number of aryl methyl sites for hydroxylation is 1. The Morgan fingerprint density at radius 1 is 1.23 bits per heavy atom. The van der Waals surface area contributed by atoms with E-state index >= 15 is 0 Å². The molecule has 0 spiro atoms. The lowest BCUT2D eigenvalue weighted by molar-refractivity contribution is 0.0936. The Morgan fingerprint density at radius 2 is 2.05 bits per heavy atom. The lowest BCUT2D eigenvalue weighted by Gasteiger charge is -2.04. The monoisotopic (exact) mass is 389 g/mol. The summed E-state index contributed by atoms with van der Waals surface area (Å²) in [5, 5.41) is 11.8. The number of aliphatic hydroxyl groups is 1. The maximum absolute atomic E-state index is 8.59. The highest BCUT2D eigenvalue weighted by Crippen LogP contribution is 2.26. The van der Waals surface area contributed by atoms with E-state index in [2.05, 4.69) is 34.2 Å². The molecule has 6 heteroatoms. The Kier molecular flexibility index (Phi) is 8.75. The molecule has 2 rings (SSSR count). The number of hydrogen-bond acceptors (Lipinski definition) is 4. The minimum absolute atomic E-state index is 0. The molecular weight excluding hydrogens is 370 g/mol. The predicted molar refractivity (Wildman–Crippen MR) is 93.4 cm³/mol. The zero-order valence-electron chi connectivity index (χ0n) is 12.5. The van der Waals surface area contributed by atoms with Crippen LogP contribution in [0.2, 0.25) is 0 Å². The lowest BCUT2D eigenvalue weighted by atomic mass is 10.1. The van der Waals surface area contributed by atoms with Crippen LogP contribution in [0.15, 0.2) is 39.2 Å². The fourth-order valence-electron chi connectivity index (χ4n) is 1.95. The number of benzene rings is 1. The van der Waals surface area contributed by atoms with Crippen molar-refractivity contribution < 1.29 is 14.3 Å². The summed E-state index contributed by atoms with van der Waals surface area (Å²) < 4.78 is 12.1. The van der Waals surface area contributed by atoms with E-state index in [1.165, 1.54) is 5.56 Å². The number of halogens is 2. The van der Waals surface area contributed by atoms with E-state index in [4.69, 9.17) is 14.3 Å². The Morgan fingerprint density at radius 3 is 2.77 bits per heavy atom. The average molecular weight is 391 g/mol. The number of nitrogens with one attached hydrogen (secondary N) is 1. The summed E-state index contributed by atoms with van der Waals surface area (Å²) in [6.07, 6.45) is 0. The summed E-state index contributed by atoms with van der Waals surface area (Å²) in [5.74, 6) is 1.77. The summed E-state index contributed by atoms with van der Waals surface area (Å²) in [4.78, 5) is 0. The molecule has 0 aliphatic heterocycles. The van der Waals surface area contributed by atoms with Crippen LogP contribution in [0, 0.1) is 6.92 Å². The van der Waals surface area contributed by atoms with Gasteiger partial charge in [-0.15, -0.1) is 12.4 Å². The third-order valence-electron chi connectivity index (χ3n) is 3.06. The van der Waals surface area contributed by atoms with E-state index < -0.39 is 0 Å².